The van der Waals surface area contributed by atoms with Crippen LogP contribution in [0.3, 0.4) is 0 Å². The molecule has 0 amide bonds. The van der Waals surface area contributed by atoms with Crippen LogP contribution < -0.4 is 5.73 Å². The van der Waals surface area contributed by atoms with Crippen molar-refractivity contribution in [1.29, 1.82) is 0 Å². The third kappa shape index (κ3) is 3.07. The summed E-state index contributed by atoms with van der Waals surface area (Å²) in [6.07, 6.45) is 2.41. The fraction of sp³-hybridized carbons (Fsp3) is 0.889. The molecule has 88 valence electrons. The van der Waals surface area contributed by atoms with Gasteiger partial charge in [0.2, 0.25) is 0 Å². The molecule has 0 saturated carbocycles. The van der Waals surface area contributed by atoms with Gasteiger partial charge in [-0.15, -0.1) is 0 Å². The molecule has 15 heavy (non-hydrogen) atoms. The van der Waals surface area contributed by atoms with Crippen molar-refractivity contribution in [3.8, 4) is 0 Å². The van der Waals surface area contributed by atoms with Crippen molar-refractivity contribution in [1.82, 2.24) is 4.90 Å². The Labute approximate surface area is 93.9 Å². The van der Waals surface area contributed by atoms with E-state index >= 15 is 0 Å². The molecule has 1 aliphatic heterocycles. The van der Waals surface area contributed by atoms with Crippen molar-refractivity contribution in [3.05, 3.63) is 0 Å². The first-order chi connectivity index (χ1) is 7.11. The van der Waals surface area contributed by atoms with E-state index in [1.807, 2.05) is 6.26 Å². The van der Waals surface area contributed by atoms with Gasteiger partial charge in [0.1, 0.15) is 0 Å². The van der Waals surface area contributed by atoms with Crippen LogP contribution >= 0.6 is 11.8 Å². The average molecular weight is 234 g/mol. The summed E-state index contributed by atoms with van der Waals surface area (Å²) in [4.78, 5) is 13.0. The lowest BCUT2D eigenvalue weighted by atomic mass is 10.1. The standard InChI is InChI=1S/C9H18N2O3S/c1-15-7-2-9(10,8(12)13)11-3-5-14-6-4-11/h2-7,10H2,1H3,(H,12,13). The summed E-state index contributed by atoms with van der Waals surface area (Å²) in [5.41, 5.74) is 4.73. The highest BCUT2D eigenvalue weighted by molar-refractivity contribution is 7.98. The molecule has 0 aromatic heterocycles. The van der Waals surface area contributed by atoms with Crippen molar-refractivity contribution in [2.45, 2.75) is 12.1 Å². The summed E-state index contributed by atoms with van der Waals surface area (Å²) in [7, 11) is 0. The Balaban J connectivity index is 2.65. The minimum absolute atomic E-state index is 0.462. The van der Waals surface area contributed by atoms with Crippen molar-refractivity contribution < 1.29 is 14.6 Å². The number of aliphatic carboxylic acids is 1. The molecule has 1 rings (SSSR count). The van der Waals surface area contributed by atoms with Gasteiger partial charge in [-0.05, 0) is 18.4 Å². The van der Waals surface area contributed by atoms with Crippen molar-refractivity contribution in [2.24, 2.45) is 5.73 Å². The first-order valence-corrected chi connectivity index (χ1v) is 6.34. The van der Waals surface area contributed by atoms with Crippen LogP contribution in [0.25, 0.3) is 0 Å². The van der Waals surface area contributed by atoms with E-state index in [0.717, 1.165) is 5.75 Å². The predicted molar refractivity (Wildman–Crippen MR) is 59.9 cm³/mol. The number of ether oxygens (including phenoxy) is 1. The van der Waals surface area contributed by atoms with E-state index in [4.69, 9.17) is 10.5 Å². The number of morpholine rings is 1. The van der Waals surface area contributed by atoms with E-state index in [-0.39, 0.29) is 0 Å². The smallest absolute Gasteiger partial charge is 0.338 e. The van der Waals surface area contributed by atoms with E-state index < -0.39 is 11.6 Å². The van der Waals surface area contributed by atoms with Gasteiger partial charge in [-0.2, -0.15) is 11.8 Å². The Bertz CT molecular complexity index is 221. The van der Waals surface area contributed by atoms with E-state index in [2.05, 4.69) is 0 Å². The molecule has 0 radical (unpaired) electrons. The molecule has 1 heterocycles. The summed E-state index contributed by atoms with van der Waals surface area (Å²) < 4.78 is 5.18. The molecule has 6 heteroatoms. The van der Waals surface area contributed by atoms with Gasteiger partial charge >= 0.3 is 5.97 Å². The van der Waals surface area contributed by atoms with Crippen LogP contribution in [-0.2, 0) is 9.53 Å². The Kier molecular flexibility index (Phi) is 4.85. The molecular weight excluding hydrogens is 216 g/mol. The van der Waals surface area contributed by atoms with Crippen molar-refractivity contribution >= 4 is 17.7 Å². The zero-order chi connectivity index (χ0) is 11.3. The van der Waals surface area contributed by atoms with E-state index in [1.165, 1.54) is 0 Å². The normalized spacial score (nSPS) is 22.3. The van der Waals surface area contributed by atoms with Crippen LogP contribution in [0, 0.1) is 0 Å². The Morgan fingerprint density at radius 1 is 1.60 bits per heavy atom. The molecule has 5 nitrogen and oxygen atoms in total. The minimum atomic E-state index is -1.23. The molecule has 1 unspecified atom stereocenters. The molecule has 1 fully saturated rings. The van der Waals surface area contributed by atoms with E-state index in [9.17, 15) is 9.90 Å². The first kappa shape index (κ1) is 12.8. The van der Waals surface area contributed by atoms with Gasteiger partial charge in [-0.1, -0.05) is 0 Å². The largest absolute Gasteiger partial charge is 0.479 e. The zero-order valence-electron chi connectivity index (χ0n) is 8.94. The summed E-state index contributed by atoms with van der Waals surface area (Å²) in [6.45, 7) is 2.31. The molecular formula is C9H18N2O3S. The quantitative estimate of drug-likeness (QED) is 0.687. The fourth-order valence-electron chi connectivity index (χ4n) is 1.62. The second kappa shape index (κ2) is 5.69. The number of carbonyl (C=O) groups is 1. The molecule has 1 atom stereocenters. The third-order valence-electron chi connectivity index (χ3n) is 2.63. The molecule has 1 saturated heterocycles. The second-order valence-corrected chi connectivity index (χ2v) is 4.56. The summed E-state index contributed by atoms with van der Waals surface area (Å²) in [6, 6.07) is 0. The molecule has 0 aliphatic carbocycles. The van der Waals surface area contributed by atoms with Crippen LogP contribution in [0.15, 0.2) is 0 Å². The second-order valence-electron chi connectivity index (χ2n) is 3.57. The molecule has 0 bridgehead atoms. The fourth-order valence-corrected chi connectivity index (χ4v) is 2.14. The van der Waals surface area contributed by atoms with Crippen LogP contribution in [-0.4, -0.2) is 60.0 Å². The van der Waals surface area contributed by atoms with Crippen LogP contribution in [0.1, 0.15) is 6.42 Å². The highest BCUT2D eigenvalue weighted by Gasteiger charge is 2.40. The van der Waals surface area contributed by atoms with Crippen molar-refractivity contribution in [2.75, 3.05) is 38.3 Å². The van der Waals surface area contributed by atoms with Gasteiger partial charge in [0.15, 0.2) is 5.66 Å². The number of rotatable bonds is 5. The van der Waals surface area contributed by atoms with Gasteiger partial charge < -0.3 is 15.6 Å². The maximum absolute atomic E-state index is 11.2. The monoisotopic (exact) mass is 234 g/mol. The minimum Gasteiger partial charge on any atom is -0.479 e. The van der Waals surface area contributed by atoms with Crippen LogP contribution in [0.4, 0.5) is 0 Å². The van der Waals surface area contributed by atoms with Gasteiger partial charge in [-0.3, -0.25) is 4.90 Å². The number of thioether (sulfide) groups is 1. The highest BCUT2D eigenvalue weighted by atomic mass is 32.2. The topological polar surface area (TPSA) is 75.8 Å². The van der Waals surface area contributed by atoms with Crippen LogP contribution in [0.2, 0.25) is 0 Å². The lowest BCUT2D eigenvalue weighted by molar-refractivity contribution is -0.154. The lowest BCUT2D eigenvalue weighted by Gasteiger charge is -2.39. The Hall–Kier alpha value is -0.300. The summed E-state index contributed by atoms with van der Waals surface area (Å²) in [5.74, 6) is -0.196. The Morgan fingerprint density at radius 2 is 2.20 bits per heavy atom. The van der Waals surface area contributed by atoms with Gasteiger partial charge in [0.05, 0.1) is 13.2 Å². The van der Waals surface area contributed by atoms with Gasteiger partial charge in [-0.25, -0.2) is 4.79 Å². The first-order valence-electron chi connectivity index (χ1n) is 4.95. The molecule has 0 spiro atoms. The molecule has 3 N–H and O–H groups in total. The maximum atomic E-state index is 11.2. The van der Waals surface area contributed by atoms with Crippen molar-refractivity contribution in [3.63, 3.8) is 0 Å². The number of hydrogen-bond acceptors (Lipinski definition) is 5. The van der Waals surface area contributed by atoms with E-state index in [1.54, 1.807) is 16.7 Å². The number of carboxylic acid groups (broad SMARTS) is 1. The van der Waals surface area contributed by atoms with Crippen LogP contribution in [0.5, 0.6) is 0 Å². The lowest BCUT2D eigenvalue weighted by Crippen LogP contribution is -2.64. The number of nitrogens with zero attached hydrogens (tertiary/aromatic N) is 1. The molecule has 1 aliphatic rings. The van der Waals surface area contributed by atoms with Gasteiger partial charge in [0, 0.05) is 13.1 Å². The third-order valence-corrected chi connectivity index (χ3v) is 3.25. The molecule has 0 aromatic rings. The number of hydrogen-bond donors (Lipinski definition) is 2. The molecule has 0 aromatic carbocycles. The SMILES string of the molecule is CSCCC(N)(C(=O)O)N1CCOCC1. The maximum Gasteiger partial charge on any atom is 0.338 e. The highest BCUT2D eigenvalue weighted by Crippen LogP contribution is 2.18. The average Bonchev–Trinajstić information content (AvgIpc) is 2.27. The predicted octanol–water partition coefficient (Wildman–Crippen LogP) is -0.189. The Morgan fingerprint density at radius 3 is 2.67 bits per heavy atom. The zero-order valence-corrected chi connectivity index (χ0v) is 9.76. The van der Waals surface area contributed by atoms with E-state index in [0.29, 0.717) is 32.7 Å². The summed E-state index contributed by atoms with van der Waals surface area (Å²) in [5, 5.41) is 9.19. The summed E-state index contributed by atoms with van der Waals surface area (Å²) >= 11 is 1.61. The van der Waals surface area contributed by atoms with Gasteiger partial charge in [0.25, 0.3) is 0 Å². The number of carboxylic acids is 1. The number of nitrogens with two attached hydrogens (primary N) is 1.